The zero-order chi connectivity index (χ0) is 26.0. The van der Waals surface area contributed by atoms with Gasteiger partial charge in [-0.05, 0) is 25.0 Å². The molecule has 10 heteroatoms. The highest BCUT2D eigenvalue weighted by Gasteiger charge is 2.28. The number of nitrogens with one attached hydrogen (secondary N) is 3. The van der Waals surface area contributed by atoms with Crippen molar-refractivity contribution >= 4 is 23.5 Å². The van der Waals surface area contributed by atoms with E-state index in [0.29, 0.717) is 6.54 Å². The lowest BCUT2D eigenvalue weighted by Gasteiger charge is -2.23. The Balaban J connectivity index is 1.55. The largest absolute Gasteiger partial charge is 0.374 e. The fraction of sp³-hybridized carbons (Fsp3) is 0.308. The van der Waals surface area contributed by atoms with Crippen molar-refractivity contribution in [1.82, 2.24) is 20.2 Å². The van der Waals surface area contributed by atoms with Crippen LogP contribution in [-0.2, 0) is 38.8 Å². The summed E-state index contributed by atoms with van der Waals surface area (Å²) < 4.78 is 7.23. The second-order valence-corrected chi connectivity index (χ2v) is 8.93. The summed E-state index contributed by atoms with van der Waals surface area (Å²) in [5.41, 5.74) is 6.63. The van der Waals surface area contributed by atoms with Crippen molar-refractivity contribution in [1.29, 1.82) is 0 Å². The van der Waals surface area contributed by atoms with Crippen molar-refractivity contribution in [3.05, 3.63) is 84.3 Å². The van der Waals surface area contributed by atoms with E-state index in [1.165, 1.54) is 12.5 Å². The number of amides is 3. The van der Waals surface area contributed by atoms with E-state index in [9.17, 15) is 14.4 Å². The van der Waals surface area contributed by atoms with Gasteiger partial charge in [-0.3, -0.25) is 14.4 Å². The summed E-state index contributed by atoms with van der Waals surface area (Å²) in [6, 6.07) is 18.1. The third-order valence-corrected chi connectivity index (χ3v) is 5.15. The lowest BCUT2D eigenvalue weighted by Crippen LogP contribution is -2.56. The molecule has 2 aromatic carbocycles. The van der Waals surface area contributed by atoms with Gasteiger partial charge in [0.15, 0.2) is 5.82 Å². The summed E-state index contributed by atoms with van der Waals surface area (Å²) in [5.74, 6) is -0.963. The van der Waals surface area contributed by atoms with Crippen LogP contribution in [0.5, 0.6) is 0 Å². The first-order chi connectivity index (χ1) is 17.2. The normalized spacial score (nSPS) is 12.0. The molecule has 10 nitrogen and oxygen atoms in total. The highest BCUT2D eigenvalue weighted by Crippen LogP contribution is 2.07. The molecule has 0 aliphatic rings. The lowest BCUT2D eigenvalue weighted by molar-refractivity contribution is -0.130. The monoisotopic (exact) mass is 492 g/mol. The van der Waals surface area contributed by atoms with Crippen LogP contribution in [-0.4, -0.2) is 45.5 Å². The third-order valence-electron chi connectivity index (χ3n) is 5.15. The van der Waals surface area contributed by atoms with Crippen LogP contribution in [0.25, 0.3) is 0 Å². The van der Waals surface area contributed by atoms with E-state index in [4.69, 9.17) is 10.5 Å². The molecule has 0 aliphatic heterocycles. The van der Waals surface area contributed by atoms with Gasteiger partial charge >= 0.3 is 0 Å². The van der Waals surface area contributed by atoms with E-state index in [2.05, 4.69) is 20.9 Å². The Morgan fingerprint density at radius 3 is 2.31 bits per heavy atom. The molecule has 0 saturated heterocycles. The van der Waals surface area contributed by atoms with E-state index < -0.39 is 23.4 Å². The molecule has 3 amide bonds. The Hall–Kier alpha value is -4.02. The van der Waals surface area contributed by atoms with E-state index in [1.807, 2.05) is 60.7 Å². The zero-order valence-electron chi connectivity index (χ0n) is 20.4. The van der Waals surface area contributed by atoms with E-state index in [-0.39, 0.29) is 31.5 Å². The highest BCUT2D eigenvalue weighted by atomic mass is 16.5. The fourth-order valence-electron chi connectivity index (χ4n) is 3.14. The highest BCUT2D eigenvalue weighted by molar-refractivity contribution is 5.98. The van der Waals surface area contributed by atoms with Crippen molar-refractivity contribution in [3.8, 4) is 0 Å². The van der Waals surface area contributed by atoms with E-state index >= 15 is 0 Å². The molecular weight excluding hydrogens is 460 g/mol. The molecule has 5 N–H and O–H groups in total. The minimum absolute atomic E-state index is 0.0391. The maximum Gasteiger partial charge on any atom is 0.250 e. The minimum Gasteiger partial charge on any atom is -0.374 e. The quantitative estimate of drug-likeness (QED) is 0.303. The summed E-state index contributed by atoms with van der Waals surface area (Å²) in [6.45, 7) is 3.76. The molecule has 1 unspecified atom stereocenters. The van der Waals surface area contributed by atoms with Crippen molar-refractivity contribution in [2.75, 3.05) is 11.9 Å². The molecule has 3 aromatic rings. The Bertz CT molecular complexity index is 1140. The average Bonchev–Trinajstić information content (AvgIpc) is 3.29. The van der Waals surface area contributed by atoms with Gasteiger partial charge in [0.2, 0.25) is 11.8 Å². The predicted molar refractivity (Wildman–Crippen MR) is 135 cm³/mol. The zero-order valence-corrected chi connectivity index (χ0v) is 20.4. The Labute approximate surface area is 210 Å². The summed E-state index contributed by atoms with van der Waals surface area (Å²) in [5, 5.41) is 8.13. The van der Waals surface area contributed by atoms with Gasteiger partial charge in [0, 0.05) is 12.7 Å². The third kappa shape index (κ3) is 8.64. The number of hydrogen-bond acceptors (Lipinski definition) is 6. The van der Waals surface area contributed by atoms with Crippen LogP contribution >= 0.6 is 0 Å². The molecule has 0 saturated carbocycles. The van der Waals surface area contributed by atoms with Gasteiger partial charge in [-0.25, -0.2) is 4.98 Å². The van der Waals surface area contributed by atoms with Crippen LogP contribution in [0, 0.1) is 0 Å². The number of imidazole rings is 1. The van der Waals surface area contributed by atoms with Gasteiger partial charge in [0.25, 0.3) is 5.91 Å². The number of nitrogens with two attached hydrogens (primary N) is 1. The number of rotatable bonds is 12. The molecule has 1 aromatic heterocycles. The lowest BCUT2D eigenvalue weighted by atomic mass is 10.1. The Kier molecular flexibility index (Phi) is 9.32. The average molecular weight is 493 g/mol. The first kappa shape index (κ1) is 26.6. The number of carbonyl (C=O) groups is 3. The topological polar surface area (TPSA) is 140 Å². The molecule has 0 radical (unpaired) electrons. The number of ether oxygens (including phenoxy) is 1. The molecule has 0 spiro atoms. The standard InChI is InChI=1S/C26H32N6O4/c1-26(2,27)25(35)30-21(17-36-16-20-11-7-4-8-12-20)24(34)31-22-14-32(18-29-22)15-23(33)28-13-19-9-5-3-6-10-19/h3-12,14,18,21H,13,15-17,27H2,1-2H3,(H,28,33)(H,30,35)(H,31,34). The molecule has 3 rings (SSSR count). The minimum atomic E-state index is -1.17. The van der Waals surface area contributed by atoms with Gasteiger partial charge < -0.3 is 31.0 Å². The molecule has 0 bridgehead atoms. The maximum absolute atomic E-state index is 12.9. The fourth-order valence-corrected chi connectivity index (χ4v) is 3.14. The van der Waals surface area contributed by atoms with Crippen LogP contribution in [0.1, 0.15) is 25.0 Å². The maximum atomic E-state index is 12.9. The molecule has 190 valence electrons. The van der Waals surface area contributed by atoms with Crippen LogP contribution in [0.3, 0.4) is 0 Å². The van der Waals surface area contributed by atoms with Crippen molar-refractivity contribution < 1.29 is 19.1 Å². The van der Waals surface area contributed by atoms with Gasteiger partial charge in [-0.2, -0.15) is 0 Å². The molecule has 36 heavy (non-hydrogen) atoms. The SMILES string of the molecule is CC(C)(N)C(=O)NC(COCc1ccccc1)C(=O)Nc1cn(CC(=O)NCc2ccccc2)cn1. The Morgan fingerprint density at radius 2 is 1.67 bits per heavy atom. The molecule has 0 aliphatic carbocycles. The van der Waals surface area contributed by atoms with Crippen LogP contribution in [0.15, 0.2) is 73.2 Å². The van der Waals surface area contributed by atoms with Gasteiger partial charge in [0.05, 0.1) is 25.1 Å². The number of aromatic nitrogens is 2. The smallest absolute Gasteiger partial charge is 0.250 e. The number of carbonyl (C=O) groups excluding carboxylic acids is 3. The molecule has 1 atom stereocenters. The van der Waals surface area contributed by atoms with Crippen LogP contribution in [0.4, 0.5) is 5.82 Å². The molecule has 1 heterocycles. The van der Waals surface area contributed by atoms with E-state index in [0.717, 1.165) is 11.1 Å². The second kappa shape index (κ2) is 12.6. The predicted octanol–water partition coefficient (Wildman–Crippen LogP) is 1.58. The first-order valence-corrected chi connectivity index (χ1v) is 11.6. The summed E-state index contributed by atoms with van der Waals surface area (Å²) in [7, 11) is 0. The number of anilines is 1. The van der Waals surface area contributed by atoms with Crippen molar-refractivity contribution in [3.63, 3.8) is 0 Å². The second-order valence-electron chi connectivity index (χ2n) is 8.93. The number of benzene rings is 2. The number of nitrogens with zero attached hydrogens (tertiary/aromatic N) is 2. The summed E-state index contributed by atoms with van der Waals surface area (Å²) in [6.07, 6.45) is 2.98. The van der Waals surface area contributed by atoms with Gasteiger partial charge in [0.1, 0.15) is 12.6 Å². The summed E-state index contributed by atoms with van der Waals surface area (Å²) in [4.78, 5) is 41.7. The molecule has 0 fully saturated rings. The van der Waals surface area contributed by atoms with Crippen molar-refractivity contribution in [2.24, 2.45) is 5.73 Å². The van der Waals surface area contributed by atoms with E-state index in [1.54, 1.807) is 18.4 Å². The number of hydrogen-bond donors (Lipinski definition) is 4. The van der Waals surface area contributed by atoms with Crippen molar-refractivity contribution in [2.45, 2.75) is 45.1 Å². The summed E-state index contributed by atoms with van der Waals surface area (Å²) >= 11 is 0. The van der Waals surface area contributed by atoms with Crippen LogP contribution < -0.4 is 21.7 Å². The Morgan fingerprint density at radius 1 is 1.03 bits per heavy atom. The van der Waals surface area contributed by atoms with Gasteiger partial charge in [-0.15, -0.1) is 0 Å². The van der Waals surface area contributed by atoms with Crippen LogP contribution in [0.2, 0.25) is 0 Å². The first-order valence-electron chi connectivity index (χ1n) is 11.6. The van der Waals surface area contributed by atoms with Gasteiger partial charge in [-0.1, -0.05) is 60.7 Å². The molecular formula is C26H32N6O4.